The molecule has 0 fully saturated rings. The molecule has 1 aliphatic rings. The van der Waals surface area contributed by atoms with E-state index < -0.39 is 6.17 Å². The van der Waals surface area contributed by atoms with Crippen LogP contribution >= 0.6 is 0 Å². The summed E-state index contributed by atoms with van der Waals surface area (Å²) in [7, 11) is 0. The second-order valence-corrected chi connectivity index (χ2v) is 11.4. The molecule has 0 saturated carbocycles. The van der Waals surface area contributed by atoms with E-state index in [9.17, 15) is 0 Å². The molecule has 7 aromatic rings. The minimum absolute atomic E-state index is 0. The maximum absolute atomic E-state index is 16.2. The van der Waals surface area contributed by atoms with Crippen molar-refractivity contribution in [3.8, 4) is 11.3 Å². The number of benzene rings is 5. The van der Waals surface area contributed by atoms with Gasteiger partial charge in [-0.1, -0.05) is 61.1 Å². The van der Waals surface area contributed by atoms with Crippen molar-refractivity contribution in [2.24, 2.45) is 0 Å². The van der Waals surface area contributed by atoms with E-state index in [1.54, 1.807) is 18.3 Å². The van der Waals surface area contributed by atoms with Gasteiger partial charge in [0.1, 0.15) is 17.3 Å². The fourth-order valence-electron chi connectivity index (χ4n) is 6.42. The van der Waals surface area contributed by atoms with Crippen molar-refractivity contribution in [3.63, 3.8) is 0 Å². The van der Waals surface area contributed by atoms with Gasteiger partial charge in [0, 0.05) is 48.6 Å². The number of anilines is 3. The number of para-hydroxylation sites is 2. The minimum atomic E-state index is -1.42. The molecule has 0 aliphatic carbocycles. The van der Waals surface area contributed by atoms with Crippen LogP contribution in [0.15, 0.2) is 120 Å². The summed E-state index contributed by atoms with van der Waals surface area (Å²) in [6, 6.07) is 45.5. The zero-order valence-electron chi connectivity index (χ0n) is 24.0. The quantitative estimate of drug-likeness (QED) is 0.139. The molecule has 5 aromatic carbocycles. The molecule has 2 aromatic heterocycles. The standard InChI is InChI=1S/C39H26FN2O.Pd/c1-39(2)31-16-4-5-18-33(31)42(34-21-20-30-29-15-3-6-19-35(29)43-38(30)36(34)39)28-14-10-13-27(24-28)37(40)26-12-9-11-25(23-26)32-17-7-8-22-41-32;/h3-17,19-22,37H,1-2H3;/q-3;. The number of hydrogen-bond donors (Lipinski definition) is 0. The van der Waals surface area contributed by atoms with E-state index >= 15 is 4.39 Å². The molecule has 3 heterocycles. The molecular weight excluding hydrogens is 638 g/mol. The topological polar surface area (TPSA) is 29.3 Å². The summed E-state index contributed by atoms with van der Waals surface area (Å²) >= 11 is 0. The average Bonchev–Trinajstić information content (AvgIpc) is 3.43. The summed E-state index contributed by atoms with van der Waals surface area (Å²) < 4.78 is 22.8. The second kappa shape index (κ2) is 10.9. The number of pyridine rings is 1. The first-order valence-electron chi connectivity index (χ1n) is 14.4. The largest absolute Gasteiger partial charge is 0.456 e. The van der Waals surface area contributed by atoms with Crippen LogP contribution in [0, 0.1) is 18.2 Å². The van der Waals surface area contributed by atoms with E-state index in [-0.39, 0.29) is 25.8 Å². The molecule has 0 bridgehead atoms. The summed E-state index contributed by atoms with van der Waals surface area (Å²) in [5.41, 5.74) is 8.55. The van der Waals surface area contributed by atoms with Crippen molar-refractivity contribution in [2.45, 2.75) is 25.4 Å². The zero-order valence-corrected chi connectivity index (χ0v) is 25.6. The first kappa shape index (κ1) is 28.2. The van der Waals surface area contributed by atoms with E-state index in [1.165, 1.54) is 0 Å². The Morgan fingerprint density at radius 2 is 1.59 bits per heavy atom. The summed E-state index contributed by atoms with van der Waals surface area (Å²) in [6.07, 6.45) is 0.313. The fourth-order valence-corrected chi connectivity index (χ4v) is 6.42. The molecule has 0 saturated heterocycles. The maximum Gasteiger partial charge on any atom is 0.140 e. The SMILES string of the molecule is CC1(C)c2ccc[c-]c2N(c2[c-]c(C(F)c3[c-]c(-c4ccccn4)ccc3)ccc2)c2ccc3c(oc4ccccc43)c21.[Pd]. The second-order valence-electron chi connectivity index (χ2n) is 11.4. The van der Waals surface area contributed by atoms with Gasteiger partial charge in [-0.15, -0.1) is 47.0 Å². The Morgan fingerprint density at radius 3 is 2.43 bits per heavy atom. The summed E-state index contributed by atoms with van der Waals surface area (Å²) in [5, 5.41) is 2.17. The van der Waals surface area contributed by atoms with Gasteiger partial charge in [-0.3, -0.25) is 0 Å². The third-order valence-electron chi connectivity index (χ3n) is 8.47. The number of alkyl halides is 1. The smallest absolute Gasteiger partial charge is 0.140 e. The van der Waals surface area contributed by atoms with E-state index in [4.69, 9.17) is 4.42 Å². The first-order valence-corrected chi connectivity index (χ1v) is 14.4. The molecule has 0 N–H and O–H groups in total. The van der Waals surface area contributed by atoms with Crippen LogP contribution in [-0.2, 0) is 25.8 Å². The number of nitrogens with zero attached hydrogens (tertiary/aromatic N) is 2. The number of fused-ring (bicyclic) bond motifs is 6. The zero-order chi connectivity index (χ0) is 29.1. The Bertz CT molecular complexity index is 2150. The van der Waals surface area contributed by atoms with Crippen LogP contribution in [0.25, 0.3) is 33.2 Å². The Hall–Kier alpha value is -4.56. The third kappa shape index (κ3) is 4.39. The van der Waals surface area contributed by atoms with Crippen LogP contribution < -0.4 is 4.90 Å². The van der Waals surface area contributed by atoms with Crippen LogP contribution in [0.5, 0.6) is 0 Å². The molecule has 44 heavy (non-hydrogen) atoms. The molecule has 0 amide bonds. The van der Waals surface area contributed by atoms with E-state index in [0.717, 1.165) is 61.4 Å². The summed E-state index contributed by atoms with van der Waals surface area (Å²) in [4.78, 5) is 6.54. The Balaban J connectivity index is 0.00000312. The number of halogens is 1. The van der Waals surface area contributed by atoms with Crippen molar-refractivity contribution in [1.29, 1.82) is 0 Å². The molecule has 5 heteroatoms. The van der Waals surface area contributed by atoms with Gasteiger partial charge >= 0.3 is 0 Å². The first-order chi connectivity index (χ1) is 21.0. The summed E-state index contributed by atoms with van der Waals surface area (Å²) in [5.74, 6) is 0. The Labute approximate surface area is 269 Å². The average molecular weight is 664 g/mol. The van der Waals surface area contributed by atoms with Crippen molar-refractivity contribution >= 4 is 39.0 Å². The maximum atomic E-state index is 16.2. The molecular formula is C39H26FN2OPd-3. The predicted octanol–water partition coefficient (Wildman–Crippen LogP) is 10.2. The number of furan rings is 1. The van der Waals surface area contributed by atoms with Crippen LogP contribution in [0.4, 0.5) is 21.5 Å². The van der Waals surface area contributed by atoms with Gasteiger partial charge in [0.25, 0.3) is 0 Å². The van der Waals surface area contributed by atoms with Crippen LogP contribution in [0.1, 0.15) is 42.3 Å². The van der Waals surface area contributed by atoms with Gasteiger partial charge in [-0.25, -0.2) is 4.39 Å². The molecule has 0 radical (unpaired) electrons. The van der Waals surface area contributed by atoms with Crippen molar-refractivity contribution < 1.29 is 29.2 Å². The number of aromatic nitrogens is 1. The molecule has 3 nitrogen and oxygen atoms in total. The fraction of sp³-hybridized carbons (Fsp3) is 0.103. The normalized spacial score (nSPS) is 14.1. The number of rotatable bonds is 4. The van der Waals surface area contributed by atoms with Crippen molar-refractivity contribution in [2.75, 3.05) is 4.90 Å². The van der Waals surface area contributed by atoms with E-state index in [1.807, 2.05) is 72.8 Å². The molecule has 1 unspecified atom stereocenters. The predicted molar refractivity (Wildman–Crippen MR) is 170 cm³/mol. The van der Waals surface area contributed by atoms with E-state index in [2.05, 4.69) is 66.2 Å². The minimum Gasteiger partial charge on any atom is -0.456 e. The van der Waals surface area contributed by atoms with Crippen molar-refractivity contribution in [3.05, 3.63) is 156 Å². The molecule has 8 rings (SSSR count). The molecule has 0 spiro atoms. The molecule has 1 atom stereocenters. The van der Waals surface area contributed by atoms with Crippen LogP contribution in [0.3, 0.4) is 0 Å². The third-order valence-corrected chi connectivity index (χ3v) is 8.47. The van der Waals surface area contributed by atoms with E-state index in [0.29, 0.717) is 11.1 Å². The van der Waals surface area contributed by atoms with Crippen LogP contribution in [0.2, 0.25) is 0 Å². The Kier molecular flexibility index (Phi) is 6.97. The van der Waals surface area contributed by atoms with Crippen LogP contribution in [-0.4, -0.2) is 4.98 Å². The van der Waals surface area contributed by atoms with Crippen molar-refractivity contribution in [1.82, 2.24) is 4.98 Å². The Morgan fingerprint density at radius 1 is 0.795 bits per heavy atom. The molecule has 218 valence electrons. The van der Waals surface area contributed by atoms with Gasteiger partial charge in [-0.05, 0) is 35.4 Å². The molecule has 1 aliphatic heterocycles. The van der Waals surface area contributed by atoms with Gasteiger partial charge in [0.05, 0.1) is 0 Å². The van der Waals surface area contributed by atoms with Gasteiger partial charge in [0.2, 0.25) is 0 Å². The summed E-state index contributed by atoms with van der Waals surface area (Å²) in [6.45, 7) is 4.45. The van der Waals surface area contributed by atoms with Gasteiger partial charge in [0.15, 0.2) is 0 Å². The number of hydrogen-bond acceptors (Lipinski definition) is 3. The van der Waals surface area contributed by atoms with Gasteiger partial charge in [-0.2, -0.15) is 42.5 Å². The monoisotopic (exact) mass is 663 g/mol. The van der Waals surface area contributed by atoms with Gasteiger partial charge < -0.3 is 14.3 Å².